The third-order valence-corrected chi connectivity index (χ3v) is 3.97. The van der Waals surface area contributed by atoms with Crippen LogP contribution in [0.2, 0.25) is 5.02 Å². The summed E-state index contributed by atoms with van der Waals surface area (Å²) in [6, 6.07) is 15.5. The van der Waals surface area contributed by atoms with Crippen molar-refractivity contribution < 1.29 is 4.39 Å². The lowest BCUT2D eigenvalue weighted by atomic mass is 10.0. The van der Waals surface area contributed by atoms with Crippen LogP contribution in [0.3, 0.4) is 0 Å². The van der Waals surface area contributed by atoms with Crippen molar-refractivity contribution in [1.29, 1.82) is 0 Å². The number of anilines is 1. The molecular weight excluding hydrogens is 275 g/mol. The highest BCUT2D eigenvalue weighted by Gasteiger charge is 2.24. The smallest absolute Gasteiger partial charge is 0.143 e. The fourth-order valence-electron chi connectivity index (χ4n) is 2.65. The van der Waals surface area contributed by atoms with E-state index in [1.54, 1.807) is 6.07 Å². The number of nitrogens with zero attached hydrogens (tertiary/aromatic N) is 1. The molecule has 0 bridgehead atoms. The van der Waals surface area contributed by atoms with Crippen molar-refractivity contribution in [3.05, 3.63) is 64.9 Å². The summed E-state index contributed by atoms with van der Waals surface area (Å²) in [6.45, 7) is 2.60. The summed E-state index contributed by atoms with van der Waals surface area (Å²) in [4.78, 5) is 2.23. The largest absolute Gasteiger partial charge is 0.362 e. The Morgan fingerprint density at radius 1 is 1.15 bits per heavy atom. The molecule has 0 spiro atoms. The second-order valence-corrected chi connectivity index (χ2v) is 5.33. The van der Waals surface area contributed by atoms with Gasteiger partial charge in [0.25, 0.3) is 0 Å². The Bertz CT molecular complexity index is 588. The van der Waals surface area contributed by atoms with Crippen molar-refractivity contribution in [2.45, 2.75) is 6.04 Å². The third kappa shape index (κ3) is 2.65. The number of hydrogen-bond donors (Lipinski definition) is 1. The van der Waals surface area contributed by atoms with Gasteiger partial charge in [-0.15, -0.1) is 0 Å². The van der Waals surface area contributed by atoms with Crippen LogP contribution >= 0.6 is 11.6 Å². The van der Waals surface area contributed by atoms with E-state index in [0.717, 1.165) is 25.3 Å². The van der Waals surface area contributed by atoms with Crippen LogP contribution in [0.15, 0.2) is 48.5 Å². The molecule has 104 valence electrons. The molecule has 3 rings (SSSR count). The number of benzene rings is 2. The standard InChI is InChI=1S/C16H16ClFN2/c17-14-7-6-13(10-15(14)18)20-9-8-19-11-16(20)12-4-2-1-3-5-12/h1-7,10,16,19H,8-9,11H2. The van der Waals surface area contributed by atoms with Gasteiger partial charge in [-0.25, -0.2) is 4.39 Å². The van der Waals surface area contributed by atoms with Gasteiger partial charge in [0, 0.05) is 25.3 Å². The fraction of sp³-hybridized carbons (Fsp3) is 0.250. The maximum atomic E-state index is 13.7. The van der Waals surface area contributed by atoms with Crippen LogP contribution in [0.1, 0.15) is 11.6 Å². The normalized spacial score (nSPS) is 19.1. The van der Waals surface area contributed by atoms with Crippen molar-refractivity contribution in [2.75, 3.05) is 24.5 Å². The highest BCUT2D eigenvalue weighted by Crippen LogP contribution is 2.30. The van der Waals surface area contributed by atoms with E-state index in [2.05, 4.69) is 22.3 Å². The van der Waals surface area contributed by atoms with Gasteiger partial charge in [0.15, 0.2) is 0 Å². The first-order valence-corrected chi connectivity index (χ1v) is 7.11. The van der Waals surface area contributed by atoms with E-state index in [4.69, 9.17) is 11.6 Å². The van der Waals surface area contributed by atoms with E-state index in [-0.39, 0.29) is 16.9 Å². The fourth-order valence-corrected chi connectivity index (χ4v) is 2.77. The minimum absolute atomic E-state index is 0.167. The summed E-state index contributed by atoms with van der Waals surface area (Å²) < 4.78 is 13.7. The molecule has 2 aromatic rings. The lowest BCUT2D eigenvalue weighted by molar-refractivity contribution is 0.489. The monoisotopic (exact) mass is 290 g/mol. The SMILES string of the molecule is Fc1cc(N2CCNCC2c2ccccc2)ccc1Cl. The van der Waals surface area contributed by atoms with Crippen LogP contribution in [0, 0.1) is 5.82 Å². The number of piperazine rings is 1. The summed E-state index contributed by atoms with van der Waals surface area (Å²) in [7, 11) is 0. The van der Waals surface area contributed by atoms with Crippen LogP contribution in [-0.2, 0) is 0 Å². The molecular formula is C16H16ClFN2. The molecule has 2 nitrogen and oxygen atoms in total. The molecule has 1 heterocycles. The first kappa shape index (κ1) is 13.4. The zero-order chi connectivity index (χ0) is 13.9. The molecule has 0 saturated carbocycles. The van der Waals surface area contributed by atoms with E-state index >= 15 is 0 Å². The Balaban J connectivity index is 1.94. The van der Waals surface area contributed by atoms with E-state index in [0.29, 0.717) is 0 Å². The van der Waals surface area contributed by atoms with Crippen molar-refractivity contribution in [3.63, 3.8) is 0 Å². The topological polar surface area (TPSA) is 15.3 Å². The van der Waals surface area contributed by atoms with E-state index in [1.807, 2.05) is 24.3 Å². The summed E-state index contributed by atoms with van der Waals surface area (Å²) in [6.07, 6.45) is 0. The molecule has 1 unspecified atom stereocenters. The second-order valence-electron chi connectivity index (χ2n) is 4.92. The molecule has 0 aromatic heterocycles. The quantitative estimate of drug-likeness (QED) is 0.908. The molecule has 0 amide bonds. The van der Waals surface area contributed by atoms with Gasteiger partial charge >= 0.3 is 0 Å². The molecule has 1 aliphatic rings. The van der Waals surface area contributed by atoms with Gasteiger partial charge < -0.3 is 10.2 Å². The second kappa shape index (κ2) is 5.81. The molecule has 1 N–H and O–H groups in total. The minimum Gasteiger partial charge on any atom is -0.362 e. The summed E-state index contributed by atoms with van der Waals surface area (Å²) in [5.41, 5.74) is 2.11. The van der Waals surface area contributed by atoms with Gasteiger partial charge in [-0.3, -0.25) is 0 Å². The van der Waals surface area contributed by atoms with Gasteiger partial charge in [-0.1, -0.05) is 41.9 Å². The number of hydrogen-bond acceptors (Lipinski definition) is 2. The van der Waals surface area contributed by atoms with Crippen LogP contribution in [-0.4, -0.2) is 19.6 Å². The Morgan fingerprint density at radius 2 is 1.95 bits per heavy atom. The molecule has 1 atom stereocenters. The maximum Gasteiger partial charge on any atom is 0.143 e. The minimum atomic E-state index is -0.366. The molecule has 1 aliphatic heterocycles. The maximum absolute atomic E-state index is 13.7. The Hall–Kier alpha value is -1.58. The predicted molar refractivity (Wildman–Crippen MR) is 80.8 cm³/mol. The van der Waals surface area contributed by atoms with E-state index < -0.39 is 0 Å². The highest BCUT2D eigenvalue weighted by molar-refractivity contribution is 6.30. The number of halogens is 2. The highest BCUT2D eigenvalue weighted by atomic mass is 35.5. The van der Waals surface area contributed by atoms with Crippen LogP contribution in [0.4, 0.5) is 10.1 Å². The lowest BCUT2D eigenvalue weighted by Crippen LogP contribution is -2.46. The molecule has 0 radical (unpaired) electrons. The van der Waals surface area contributed by atoms with Crippen LogP contribution in [0.25, 0.3) is 0 Å². The Labute approximate surface area is 123 Å². The van der Waals surface area contributed by atoms with Crippen LogP contribution < -0.4 is 10.2 Å². The van der Waals surface area contributed by atoms with Gasteiger partial charge in [0.1, 0.15) is 5.82 Å². The molecule has 1 saturated heterocycles. The van der Waals surface area contributed by atoms with E-state index in [1.165, 1.54) is 11.6 Å². The van der Waals surface area contributed by atoms with Gasteiger partial charge in [-0.05, 0) is 23.8 Å². The summed E-state index contributed by atoms with van der Waals surface area (Å²) >= 11 is 5.77. The molecule has 20 heavy (non-hydrogen) atoms. The predicted octanol–water partition coefficient (Wildman–Crippen LogP) is 3.63. The average Bonchev–Trinajstić information content (AvgIpc) is 2.51. The van der Waals surface area contributed by atoms with Crippen molar-refractivity contribution in [3.8, 4) is 0 Å². The third-order valence-electron chi connectivity index (χ3n) is 3.66. The number of rotatable bonds is 2. The van der Waals surface area contributed by atoms with Crippen molar-refractivity contribution in [2.24, 2.45) is 0 Å². The van der Waals surface area contributed by atoms with E-state index in [9.17, 15) is 4.39 Å². The number of nitrogens with one attached hydrogen (secondary N) is 1. The van der Waals surface area contributed by atoms with Gasteiger partial charge in [0.2, 0.25) is 0 Å². The molecule has 1 fully saturated rings. The zero-order valence-electron chi connectivity index (χ0n) is 11.0. The van der Waals surface area contributed by atoms with Gasteiger partial charge in [-0.2, -0.15) is 0 Å². The first-order valence-electron chi connectivity index (χ1n) is 6.73. The first-order chi connectivity index (χ1) is 9.75. The van der Waals surface area contributed by atoms with Crippen molar-refractivity contribution >= 4 is 17.3 Å². The van der Waals surface area contributed by atoms with Crippen LogP contribution in [0.5, 0.6) is 0 Å². The molecule has 2 aromatic carbocycles. The lowest BCUT2D eigenvalue weighted by Gasteiger charge is -2.38. The molecule has 4 heteroatoms. The average molecular weight is 291 g/mol. The summed E-state index contributed by atoms with van der Waals surface area (Å²) in [5.74, 6) is -0.366. The zero-order valence-corrected chi connectivity index (χ0v) is 11.8. The van der Waals surface area contributed by atoms with Gasteiger partial charge in [0.05, 0.1) is 11.1 Å². The Morgan fingerprint density at radius 3 is 2.70 bits per heavy atom. The summed E-state index contributed by atoms with van der Waals surface area (Å²) in [5, 5.41) is 3.56. The molecule has 0 aliphatic carbocycles. The van der Waals surface area contributed by atoms with Crippen molar-refractivity contribution in [1.82, 2.24) is 5.32 Å². The Kier molecular flexibility index (Phi) is 3.90.